The summed E-state index contributed by atoms with van der Waals surface area (Å²) in [5, 5.41) is 6.17. The topological polar surface area (TPSA) is 62.2 Å². The Morgan fingerprint density at radius 3 is 2.74 bits per heavy atom. The van der Waals surface area contributed by atoms with Crippen LogP contribution in [0.5, 0.6) is 0 Å². The van der Waals surface area contributed by atoms with Gasteiger partial charge < -0.3 is 4.74 Å². The van der Waals surface area contributed by atoms with Gasteiger partial charge in [0.25, 0.3) is 5.91 Å². The Labute approximate surface area is 200 Å². The number of amides is 1. The maximum absolute atomic E-state index is 14.8. The Morgan fingerprint density at radius 2 is 1.97 bits per heavy atom. The average molecular weight is 466 g/mol. The molecule has 0 spiro atoms. The SMILES string of the molecule is CCOC(=O)[C@H]1CCCN(CC(=O)N2N=C(c3cc(C)ccc3C)C[C@H]2c2ccccc2F)C1. The highest BCUT2D eigenvalue weighted by Crippen LogP contribution is 2.35. The fourth-order valence-corrected chi connectivity index (χ4v) is 4.85. The average Bonchev–Trinajstić information content (AvgIpc) is 3.26. The quantitative estimate of drug-likeness (QED) is 0.594. The van der Waals surface area contributed by atoms with E-state index in [1.54, 1.807) is 25.1 Å². The number of piperidine rings is 1. The van der Waals surface area contributed by atoms with Gasteiger partial charge in [0.15, 0.2) is 0 Å². The molecule has 34 heavy (non-hydrogen) atoms. The molecule has 0 saturated carbocycles. The number of aryl methyl sites for hydroxylation is 2. The van der Waals surface area contributed by atoms with Gasteiger partial charge >= 0.3 is 5.97 Å². The lowest BCUT2D eigenvalue weighted by Gasteiger charge is -2.32. The van der Waals surface area contributed by atoms with E-state index in [-0.39, 0.29) is 30.2 Å². The van der Waals surface area contributed by atoms with Crippen LogP contribution in [0.15, 0.2) is 47.6 Å². The van der Waals surface area contributed by atoms with Gasteiger partial charge in [-0.3, -0.25) is 14.5 Å². The summed E-state index contributed by atoms with van der Waals surface area (Å²) in [6.07, 6.45) is 2.03. The fourth-order valence-electron chi connectivity index (χ4n) is 4.85. The summed E-state index contributed by atoms with van der Waals surface area (Å²) in [6.45, 7) is 7.52. The Kier molecular flexibility index (Phi) is 7.41. The van der Waals surface area contributed by atoms with Crippen LogP contribution in [0.25, 0.3) is 0 Å². The smallest absolute Gasteiger partial charge is 0.310 e. The van der Waals surface area contributed by atoms with E-state index in [0.717, 1.165) is 41.8 Å². The Balaban J connectivity index is 1.58. The highest BCUT2D eigenvalue weighted by molar-refractivity contribution is 6.04. The second-order valence-electron chi connectivity index (χ2n) is 9.17. The molecule has 2 heterocycles. The summed E-state index contributed by atoms with van der Waals surface area (Å²) >= 11 is 0. The van der Waals surface area contributed by atoms with Gasteiger partial charge in [0.2, 0.25) is 0 Å². The van der Waals surface area contributed by atoms with Crippen molar-refractivity contribution in [1.29, 1.82) is 0 Å². The first-order chi connectivity index (χ1) is 16.4. The van der Waals surface area contributed by atoms with Crippen molar-refractivity contribution in [2.24, 2.45) is 11.0 Å². The molecular formula is C27H32FN3O3. The maximum atomic E-state index is 14.8. The number of carbonyl (C=O) groups excluding carboxylic acids is 2. The summed E-state index contributed by atoms with van der Waals surface area (Å²) in [6, 6.07) is 12.2. The lowest BCUT2D eigenvalue weighted by atomic mass is 9.94. The molecule has 0 N–H and O–H groups in total. The van der Waals surface area contributed by atoms with E-state index in [0.29, 0.717) is 25.1 Å². The number of hydrazone groups is 1. The standard InChI is InChI=1S/C27H32FN3O3/c1-4-34-27(33)20-8-7-13-30(16-20)17-26(32)31-25(21-9-5-6-10-23(21)28)15-24(29-31)22-14-18(2)11-12-19(22)3/h5-6,9-12,14,20,25H,4,7-8,13,15-17H2,1-3H3/t20-,25-/m0/s1. The summed E-state index contributed by atoms with van der Waals surface area (Å²) in [4.78, 5) is 27.7. The second kappa shape index (κ2) is 10.5. The molecule has 6 nitrogen and oxygen atoms in total. The molecule has 0 unspecified atom stereocenters. The van der Waals surface area contributed by atoms with E-state index < -0.39 is 6.04 Å². The van der Waals surface area contributed by atoms with E-state index in [9.17, 15) is 14.0 Å². The number of likely N-dealkylation sites (tertiary alicyclic amines) is 1. The zero-order valence-corrected chi connectivity index (χ0v) is 20.1. The van der Waals surface area contributed by atoms with Gasteiger partial charge in [-0.1, -0.05) is 35.9 Å². The van der Waals surface area contributed by atoms with Gasteiger partial charge in [-0.25, -0.2) is 9.40 Å². The van der Waals surface area contributed by atoms with Crippen molar-refractivity contribution in [2.45, 2.75) is 46.1 Å². The minimum Gasteiger partial charge on any atom is -0.466 e. The second-order valence-corrected chi connectivity index (χ2v) is 9.17. The van der Waals surface area contributed by atoms with Crippen molar-refractivity contribution in [3.63, 3.8) is 0 Å². The van der Waals surface area contributed by atoms with Crippen LogP contribution in [-0.2, 0) is 14.3 Å². The van der Waals surface area contributed by atoms with Crippen LogP contribution in [0.3, 0.4) is 0 Å². The van der Waals surface area contributed by atoms with E-state index in [1.807, 2.05) is 30.9 Å². The first kappa shape index (κ1) is 24.1. The summed E-state index contributed by atoms with van der Waals surface area (Å²) in [7, 11) is 0. The van der Waals surface area contributed by atoms with Crippen molar-refractivity contribution in [3.8, 4) is 0 Å². The predicted molar refractivity (Wildman–Crippen MR) is 129 cm³/mol. The van der Waals surface area contributed by atoms with Crippen molar-refractivity contribution in [2.75, 3.05) is 26.2 Å². The first-order valence-electron chi connectivity index (χ1n) is 12.0. The van der Waals surface area contributed by atoms with Crippen LogP contribution in [0, 0.1) is 25.6 Å². The largest absolute Gasteiger partial charge is 0.466 e. The molecule has 1 amide bonds. The molecule has 0 aromatic heterocycles. The minimum absolute atomic E-state index is 0.129. The zero-order chi connectivity index (χ0) is 24.2. The van der Waals surface area contributed by atoms with Crippen LogP contribution in [0.2, 0.25) is 0 Å². The van der Waals surface area contributed by atoms with Crippen LogP contribution >= 0.6 is 0 Å². The lowest BCUT2D eigenvalue weighted by Crippen LogP contribution is -2.45. The van der Waals surface area contributed by atoms with E-state index in [4.69, 9.17) is 9.84 Å². The molecule has 4 rings (SSSR count). The molecular weight excluding hydrogens is 433 g/mol. The van der Waals surface area contributed by atoms with E-state index in [1.165, 1.54) is 11.1 Å². The zero-order valence-electron chi connectivity index (χ0n) is 20.1. The molecule has 2 aromatic rings. The number of nitrogens with zero attached hydrogens (tertiary/aromatic N) is 3. The summed E-state index contributed by atoms with van der Waals surface area (Å²) in [5.41, 5.74) is 4.40. The summed E-state index contributed by atoms with van der Waals surface area (Å²) in [5.74, 6) is -0.974. The third kappa shape index (κ3) is 5.20. The van der Waals surface area contributed by atoms with Gasteiger partial charge in [0, 0.05) is 24.1 Å². The number of rotatable bonds is 6. The Morgan fingerprint density at radius 1 is 1.18 bits per heavy atom. The number of carbonyl (C=O) groups is 2. The van der Waals surface area contributed by atoms with Crippen LogP contribution in [0.1, 0.15) is 54.5 Å². The molecule has 2 atom stereocenters. The third-order valence-corrected chi connectivity index (χ3v) is 6.62. The number of ether oxygens (including phenoxy) is 1. The molecule has 0 bridgehead atoms. The molecule has 7 heteroatoms. The lowest BCUT2D eigenvalue weighted by molar-refractivity contribution is -0.150. The van der Waals surface area contributed by atoms with Crippen molar-refractivity contribution in [1.82, 2.24) is 9.91 Å². The van der Waals surface area contributed by atoms with Gasteiger partial charge in [-0.2, -0.15) is 5.10 Å². The van der Waals surface area contributed by atoms with E-state index in [2.05, 4.69) is 6.07 Å². The maximum Gasteiger partial charge on any atom is 0.310 e. The summed E-state index contributed by atoms with van der Waals surface area (Å²) < 4.78 is 20.0. The van der Waals surface area contributed by atoms with E-state index >= 15 is 0 Å². The van der Waals surface area contributed by atoms with Crippen LogP contribution < -0.4 is 0 Å². The predicted octanol–water partition coefficient (Wildman–Crippen LogP) is 4.40. The highest BCUT2D eigenvalue weighted by Gasteiger charge is 2.36. The minimum atomic E-state index is -0.505. The van der Waals surface area contributed by atoms with Gasteiger partial charge in [-0.15, -0.1) is 0 Å². The molecule has 2 aliphatic rings. The molecule has 180 valence electrons. The number of esters is 1. The van der Waals surface area contributed by atoms with Crippen molar-refractivity contribution < 1.29 is 18.7 Å². The third-order valence-electron chi connectivity index (χ3n) is 6.62. The molecule has 2 aromatic carbocycles. The number of hydrogen-bond acceptors (Lipinski definition) is 5. The molecule has 1 saturated heterocycles. The normalized spacial score (nSPS) is 20.8. The first-order valence-corrected chi connectivity index (χ1v) is 12.0. The molecule has 0 radical (unpaired) electrons. The van der Waals surface area contributed by atoms with Crippen LogP contribution in [-0.4, -0.2) is 53.7 Å². The number of halogens is 1. The van der Waals surface area contributed by atoms with Gasteiger partial charge in [-0.05, 0) is 57.9 Å². The monoisotopic (exact) mass is 465 g/mol. The molecule has 1 fully saturated rings. The Hall–Kier alpha value is -3.06. The van der Waals surface area contributed by atoms with Gasteiger partial charge in [0.05, 0.1) is 30.8 Å². The van der Waals surface area contributed by atoms with Crippen molar-refractivity contribution in [3.05, 3.63) is 70.5 Å². The highest BCUT2D eigenvalue weighted by atomic mass is 19.1. The number of hydrogen-bond donors (Lipinski definition) is 0. The van der Waals surface area contributed by atoms with Crippen LogP contribution in [0.4, 0.5) is 4.39 Å². The molecule has 2 aliphatic heterocycles. The fraction of sp³-hybridized carbons (Fsp3) is 0.444. The van der Waals surface area contributed by atoms with Gasteiger partial charge in [0.1, 0.15) is 5.82 Å². The Bertz CT molecular complexity index is 1100. The number of benzene rings is 2. The molecule has 0 aliphatic carbocycles. The van der Waals surface area contributed by atoms with Crippen molar-refractivity contribution >= 4 is 17.6 Å².